The molecule has 3 aromatic rings. The van der Waals surface area contributed by atoms with Gasteiger partial charge in [0.25, 0.3) is 0 Å². The molecule has 0 saturated heterocycles. The van der Waals surface area contributed by atoms with Crippen LogP contribution in [0.3, 0.4) is 0 Å². The van der Waals surface area contributed by atoms with Gasteiger partial charge in [0, 0.05) is 49.4 Å². The number of ether oxygens (including phenoxy) is 1. The van der Waals surface area contributed by atoms with Gasteiger partial charge in [-0.25, -0.2) is 13.8 Å². The van der Waals surface area contributed by atoms with E-state index in [0.717, 1.165) is 30.7 Å². The summed E-state index contributed by atoms with van der Waals surface area (Å²) in [5, 5.41) is 7.60. The van der Waals surface area contributed by atoms with Gasteiger partial charge in [0.1, 0.15) is 5.75 Å². The van der Waals surface area contributed by atoms with Gasteiger partial charge in [0.2, 0.25) is 5.88 Å². The van der Waals surface area contributed by atoms with E-state index in [1.165, 1.54) is 6.07 Å². The lowest BCUT2D eigenvalue weighted by Gasteiger charge is -2.15. The summed E-state index contributed by atoms with van der Waals surface area (Å²) in [5.74, 6) is -1.29. The standard InChI is InChI=1S/C19H20F2N4O/c1-14(7-11-25-10-3-9-24-25)23-13-15-4-2-8-22-19(15)26-16-5-6-17(20)18(21)12-16/h2-6,8-10,12,14,23H,7,11,13H2,1H3. The van der Waals surface area contributed by atoms with Crippen LogP contribution in [0.2, 0.25) is 0 Å². The zero-order valence-electron chi connectivity index (χ0n) is 14.4. The number of aryl methyl sites for hydroxylation is 1. The first-order chi connectivity index (χ1) is 12.6. The van der Waals surface area contributed by atoms with E-state index in [4.69, 9.17) is 4.74 Å². The van der Waals surface area contributed by atoms with Gasteiger partial charge in [-0.05, 0) is 37.6 Å². The van der Waals surface area contributed by atoms with E-state index in [9.17, 15) is 8.78 Å². The Morgan fingerprint density at radius 3 is 2.81 bits per heavy atom. The fourth-order valence-electron chi connectivity index (χ4n) is 2.45. The van der Waals surface area contributed by atoms with E-state index in [0.29, 0.717) is 12.4 Å². The first kappa shape index (κ1) is 18.0. The van der Waals surface area contributed by atoms with Crippen molar-refractivity contribution in [1.82, 2.24) is 20.1 Å². The van der Waals surface area contributed by atoms with Gasteiger partial charge in [-0.3, -0.25) is 4.68 Å². The fourth-order valence-corrected chi connectivity index (χ4v) is 2.45. The number of nitrogens with zero attached hydrogens (tertiary/aromatic N) is 3. The van der Waals surface area contributed by atoms with Crippen LogP contribution < -0.4 is 10.1 Å². The van der Waals surface area contributed by atoms with E-state index < -0.39 is 11.6 Å². The van der Waals surface area contributed by atoms with Crippen LogP contribution >= 0.6 is 0 Å². The third-order valence-corrected chi connectivity index (χ3v) is 3.95. The van der Waals surface area contributed by atoms with E-state index in [1.54, 1.807) is 12.4 Å². The fraction of sp³-hybridized carbons (Fsp3) is 0.263. The lowest BCUT2D eigenvalue weighted by molar-refractivity contribution is 0.428. The molecule has 136 valence electrons. The Balaban J connectivity index is 1.58. The summed E-state index contributed by atoms with van der Waals surface area (Å²) >= 11 is 0. The molecule has 0 saturated carbocycles. The van der Waals surface area contributed by atoms with Crippen molar-refractivity contribution in [1.29, 1.82) is 0 Å². The molecule has 0 aliphatic heterocycles. The maximum Gasteiger partial charge on any atom is 0.223 e. The second-order valence-corrected chi connectivity index (χ2v) is 5.99. The molecule has 1 N–H and O–H groups in total. The summed E-state index contributed by atoms with van der Waals surface area (Å²) in [6.07, 6.45) is 6.21. The van der Waals surface area contributed by atoms with E-state index in [1.807, 2.05) is 29.1 Å². The Labute approximate surface area is 150 Å². The minimum Gasteiger partial charge on any atom is -0.439 e. The van der Waals surface area contributed by atoms with Gasteiger partial charge in [-0.1, -0.05) is 6.07 Å². The summed E-state index contributed by atoms with van der Waals surface area (Å²) in [4.78, 5) is 4.20. The van der Waals surface area contributed by atoms with Crippen molar-refractivity contribution in [2.75, 3.05) is 0 Å². The van der Waals surface area contributed by atoms with Gasteiger partial charge in [0.15, 0.2) is 11.6 Å². The molecule has 26 heavy (non-hydrogen) atoms. The molecule has 1 unspecified atom stereocenters. The third kappa shape index (κ3) is 4.86. The predicted molar refractivity (Wildman–Crippen MR) is 93.8 cm³/mol. The van der Waals surface area contributed by atoms with Crippen LogP contribution in [-0.4, -0.2) is 20.8 Å². The molecule has 1 aromatic carbocycles. The average molecular weight is 358 g/mol. The predicted octanol–water partition coefficient (Wildman–Crippen LogP) is 3.92. The van der Waals surface area contributed by atoms with Crippen LogP contribution in [0.5, 0.6) is 11.6 Å². The van der Waals surface area contributed by atoms with Crippen molar-refractivity contribution in [2.45, 2.75) is 32.5 Å². The highest BCUT2D eigenvalue weighted by Gasteiger charge is 2.10. The zero-order valence-corrected chi connectivity index (χ0v) is 14.4. The minimum absolute atomic E-state index is 0.204. The monoisotopic (exact) mass is 358 g/mol. The molecular formula is C19H20F2N4O. The van der Waals surface area contributed by atoms with Crippen LogP contribution in [-0.2, 0) is 13.1 Å². The van der Waals surface area contributed by atoms with Gasteiger partial charge >= 0.3 is 0 Å². The molecule has 0 bridgehead atoms. The number of aromatic nitrogens is 3. The molecule has 0 aliphatic rings. The number of pyridine rings is 1. The summed E-state index contributed by atoms with van der Waals surface area (Å²) in [7, 11) is 0. The quantitative estimate of drug-likeness (QED) is 0.663. The van der Waals surface area contributed by atoms with E-state index in [2.05, 4.69) is 22.3 Å². The second-order valence-electron chi connectivity index (χ2n) is 5.99. The Bertz CT molecular complexity index is 839. The molecule has 3 rings (SSSR count). The van der Waals surface area contributed by atoms with Crippen molar-refractivity contribution >= 4 is 0 Å². The molecule has 2 heterocycles. The molecule has 0 spiro atoms. The van der Waals surface area contributed by atoms with Crippen molar-refractivity contribution in [3.8, 4) is 11.6 Å². The number of rotatable bonds is 8. The molecule has 7 heteroatoms. The molecule has 0 fully saturated rings. The number of benzene rings is 1. The Kier molecular flexibility index (Phi) is 5.91. The van der Waals surface area contributed by atoms with E-state index in [-0.39, 0.29) is 11.8 Å². The lowest BCUT2D eigenvalue weighted by atomic mass is 10.2. The van der Waals surface area contributed by atoms with Crippen molar-refractivity contribution < 1.29 is 13.5 Å². The van der Waals surface area contributed by atoms with E-state index >= 15 is 0 Å². The van der Waals surface area contributed by atoms with Gasteiger partial charge in [-0.2, -0.15) is 5.10 Å². The highest BCUT2D eigenvalue weighted by molar-refractivity contribution is 5.32. The molecule has 0 radical (unpaired) electrons. The summed E-state index contributed by atoms with van der Waals surface area (Å²) in [6.45, 7) is 3.47. The molecule has 2 aromatic heterocycles. The average Bonchev–Trinajstić information content (AvgIpc) is 3.16. The molecular weight excluding hydrogens is 338 g/mol. The summed E-state index contributed by atoms with van der Waals surface area (Å²) < 4.78 is 33.9. The minimum atomic E-state index is -0.953. The number of nitrogens with one attached hydrogen (secondary N) is 1. The molecule has 0 amide bonds. The molecule has 0 aliphatic carbocycles. The SMILES string of the molecule is CC(CCn1cccn1)NCc1cccnc1Oc1ccc(F)c(F)c1. The first-order valence-electron chi connectivity index (χ1n) is 8.39. The zero-order chi connectivity index (χ0) is 18.4. The van der Waals surface area contributed by atoms with Crippen molar-refractivity contribution in [2.24, 2.45) is 0 Å². The number of halogens is 2. The van der Waals surface area contributed by atoms with Gasteiger partial charge in [0.05, 0.1) is 0 Å². The van der Waals surface area contributed by atoms with Gasteiger partial charge < -0.3 is 10.1 Å². The van der Waals surface area contributed by atoms with Crippen LogP contribution in [0.15, 0.2) is 55.0 Å². The number of hydrogen-bond donors (Lipinski definition) is 1. The highest BCUT2D eigenvalue weighted by Crippen LogP contribution is 2.24. The Hall–Kier alpha value is -2.80. The summed E-state index contributed by atoms with van der Waals surface area (Å²) in [5.41, 5.74) is 0.836. The first-order valence-corrected chi connectivity index (χ1v) is 8.39. The molecule has 5 nitrogen and oxygen atoms in total. The second kappa shape index (κ2) is 8.53. The summed E-state index contributed by atoms with van der Waals surface area (Å²) in [6, 6.07) is 9.26. The number of hydrogen-bond acceptors (Lipinski definition) is 4. The van der Waals surface area contributed by atoms with Crippen LogP contribution in [0.25, 0.3) is 0 Å². The molecule has 1 atom stereocenters. The highest BCUT2D eigenvalue weighted by atomic mass is 19.2. The third-order valence-electron chi connectivity index (χ3n) is 3.95. The maximum absolute atomic E-state index is 13.3. The Morgan fingerprint density at radius 1 is 1.15 bits per heavy atom. The van der Waals surface area contributed by atoms with Crippen LogP contribution in [0.4, 0.5) is 8.78 Å². The largest absolute Gasteiger partial charge is 0.439 e. The van der Waals surface area contributed by atoms with Gasteiger partial charge in [-0.15, -0.1) is 0 Å². The van der Waals surface area contributed by atoms with Crippen molar-refractivity contribution in [3.05, 3.63) is 72.2 Å². The lowest BCUT2D eigenvalue weighted by Crippen LogP contribution is -2.27. The van der Waals surface area contributed by atoms with Crippen molar-refractivity contribution in [3.63, 3.8) is 0 Å². The maximum atomic E-state index is 13.3. The Morgan fingerprint density at radius 2 is 2.04 bits per heavy atom. The smallest absolute Gasteiger partial charge is 0.223 e. The topological polar surface area (TPSA) is 52.0 Å². The normalized spacial score (nSPS) is 12.1. The van der Waals surface area contributed by atoms with Crippen LogP contribution in [0, 0.1) is 11.6 Å². The van der Waals surface area contributed by atoms with Crippen LogP contribution in [0.1, 0.15) is 18.9 Å².